The minimum atomic E-state index is -0.837. The third-order valence-electron chi connectivity index (χ3n) is 2.96. The van der Waals surface area contributed by atoms with Gasteiger partial charge in [-0.1, -0.05) is 6.42 Å². The van der Waals surface area contributed by atoms with E-state index < -0.39 is 11.9 Å². The fourth-order valence-electron chi connectivity index (χ4n) is 1.80. The number of carboxylic acid groups (broad SMARTS) is 2. The van der Waals surface area contributed by atoms with E-state index in [-0.39, 0.29) is 13.0 Å². The number of carboxylic acids is 2. The van der Waals surface area contributed by atoms with Gasteiger partial charge < -0.3 is 31.5 Å². The Labute approximate surface area is 132 Å². The Morgan fingerprint density at radius 1 is 0.591 bits per heavy atom. The van der Waals surface area contributed by atoms with Gasteiger partial charge in [-0.3, -0.25) is 9.59 Å². The van der Waals surface area contributed by atoms with E-state index in [1.54, 1.807) is 0 Å². The van der Waals surface area contributed by atoms with E-state index in [0.29, 0.717) is 6.54 Å². The number of unbranched alkanes of at least 4 members (excludes halogenated alkanes) is 2. The highest BCUT2D eigenvalue weighted by Crippen LogP contribution is 1.98. The molecule has 6 N–H and O–H groups in total. The molecule has 0 unspecified atom stereocenters. The van der Waals surface area contributed by atoms with E-state index in [1.807, 2.05) is 0 Å². The van der Waals surface area contributed by atoms with E-state index in [9.17, 15) is 9.59 Å². The Morgan fingerprint density at radius 2 is 1.09 bits per heavy atom. The monoisotopic (exact) mass is 318 g/mol. The molecule has 0 atom stereocenters. The van der Waals surface area contributed by atoms with Crippen LogP contribution in [0.15, 0.2) is 0 Å². The smallest absolute Gasteiger partial charge is 0.317 e. The number of carbonyl (C=O) groups is 2. The van der Waals surface area contributed by atoms with Gasteiger partial charge in [0.15, 0.2) is 0 Å². The molecular weight excluding hydrogens is 288 g/mol. The number of hydrogen-bond acceptors (Lipinski definition) is 6. The van der Waals surface area contributed by atoms with Crippen LogP contribution < -0.4 is 21.3 Å². The van der Waals surface area contributed by atoms with Gasteiger partial charge >= 0.3 is 11.9 Å². The largest absolute Gasteiger partial charge is 0.481 e. The molecule has 0 fully saturated rings. The Kier molecular flexibility index (Phi) is 15.3. The first-order chi connectivity index (χ1) is 10.6. The SMILES string of the molecule is O=C(O)CCCCCNCCNCCNCCNCC(=O)O. The van der Waals surface area contributed by atoms with Crippen LogP contribution in [0.3, 0.4) is 0 Å². The summed E-state index contributed by atoms with van der Waals surface area (Å²) in [5.74, 6) is -1.56. The molecule has 8 nitrogen and oxygen atoms in total. The van der Waals surface area contributed by atoms with Crippen LogP contribution in [0.2, 0.25) is 0 Å². The van der Waals surface area contributed by atoms with Gasteiger partial charge in [0.2, 0.25) is 0 Å². The van der Waals surface area contributed by atoms with E-state index in [1.165, 1.54) is 0 Å². The maximum Gasteiger partial charge on any atom is 0.317 e. The maximum absolute atomic E-state index is 10.3. The molecule has 0 spiro atoms. The summed E-state index contributed by atoms with van der Waals surface area (Å²) in [6.07, 6.45) is 2.98. The van der Waals surface area contributed by atoms with Gasteiger partial charge in [0, 0.05) is 45.7 Å². The molecule has 0 saturated heterocycles. The van der Waals surface area contributed by atoms with Crippen LogP contribution in [0.5, 0.6) is 0 Å². The van der Waals surface area contributed by atoms with Crippen molar-refractivity contribution >= 4 is 11.9 Å². The lowest BCUT2D eigenvalue weighted by molar-refractivity contribution is -0.137. The van der Waals surface area contributed by atoms with E-state index in [2.05, 4.69) is 21.3 Å². The summed E-state index contributed by atoms with van der Waals surface area (Å²) < 4.78 is 0. The number of hydrogen-bond donors (Lipinski definition) is 6. The van der Waals surface area contributed by atoms with Gasteiger partial charge in [0.05, 0.1) is 6.54 Å². The first kappa shape index (κ1) is 20.8. The second-order valence-electron chi connectivity index (χ2n) is 5.02. The van der Waals surface area contributed by atoms with Gasteiger partial charge in [-0.05, 0) is 19.4 Å². The summed E-state index contributed by atoms with van der Waals surface area (Å²) in [6, 6.07) is 0. The summed E-state index contributed by atoms with van der Waals surface area (Å²) in [7, 11) is 0. The third-order valence-corrected chi connectivity index (χ3v) is 2.96. The molecule has 0 bridgehead atoms. The fraction of sp³-hybridized carbons (Fsp3) is 0.857. The number of nitrogens with one attached hydrogen (secondary N) is 4. The minimum absolute atomic E-state index is 0.00189. The molecule has 130 valence electrons. The predicted molar refractivity (Wildman–Crippen MR) is 85.2 cm³/mol. The normalized spacial score (nSPS) is 10.7. The molecule has 0 rings (SSSR count). The highest BCUT2D eigenvalue weighted by Gasteiger charge is 1.96. The predicted octanol–water partition coefficient (Wildman–Crippen LogP) is -0.926. The quantitative estimate of drug-likeness (QED) is 0.190. The first-order valence-corrected chi connectivity index (χ1v) is 7.89. The minimum Gasteiger partial charge on any atom is -0.481 e. The summed E-state index contributed by atoms with van der Waals surface area (Å²) in [6.45, 7) is 5.85. The molecule has 8 heteroatoms. The van der Waals surface area contributed by atoms with Crippen LogP contribution in [0.25, 0.3) is 0 Å². The molecule has 0 radical (unpaired) electrons. The van der Waals surface area contributed by atoms with Gasteiger partial charge in [0.25, 0.3) is 0 Å². The van der Waals surface area contributed by atoms with Crippen LogP contribution in [-0.4, -0.2) is 74.5 Å². The van der Waals surface area contributed by atoms with Crippen LogP contribution >= 0.6 is 0 Å². The van der Waals surface area contributed by atoms with Crippen molar-refractivity contribution in [2.45, 2.75) is 25.7 Å². The summed E-state index contributed by atoms with van der Waals surface area (Å²) >= 11 is 0. The van der Waals surface area contributed by atoms with Gasteiger partial charge in [-0.15, -0.1) is 0 Å². The second-order valence-corrected chi connectivity index (χ2v) is 5.02. The van der Waals surface area contributed by atoms with Gasteiger partial charge in [-0.2, -0.15) is 0 Å². The lowest BCUT2D eigenvalue weighted by atomic mass is 10.2. The molecule has 0 aliphatic heterocycles. The molecule has 0 aliphatic rings. The van der Waals surface area contributed by atoms with Gasteiger partial charge in [-0.25, -0.2) is 0 Å². The van der Waals surface area contributed by atoms with Crippen LogP contribution in [-0.2, 0) is 9.59 Å². The topological polar surface area (TPSA) is 123 Å². The molecule has 0 aromatic carbocycles. The average Bonchev–Trinajstić information content (AvgIpc) is 2.46. The van der Waals surface area contributed by atoms with Crippen molar-refractivity contribution in [3.05, 3.63) is 0 Å². The molecule has 0 heterocycles. The number of rotatable bonds is 17. The number of aliphatic carboxylic acids is 2. The summed E-state index contributed by atoms with van der Waals surface area (Å²) in [4.78, 5) is 20.5. The van der Waals surface area contributed by atoms with Crippen molar-refractivity contribution < 1.29 is 19.8 Å². The second kappa shape index (κ2) is 16.2. The highest BCUT2D eigenvalue weighted by molar-refractivity contribution is 5.68. The molecule has 0 amide bonds. The molecule has 0 aromatic rings. The zero-order valence-corrected chi connectivity index (χ0v) is 13.2. The molecule has 0 aliphatic carbocycles. The zero-order chi connectivity index (χ0) is 16.5. The Bertz CT molecular complexity index is 262. The zero-order valence-electron chi connectivity index (χ0n) is 13.2. The Hall–Kier alpha value is -1.22. The standard InChI is InChI=1S/C14H30N4O4/c19-13(20)4-2-1-3-5-15-6-7-16-8-9-17-10-11-18-12-14(21)22/h15-18H,1-12H2,(H,19,20)(H,21,22). The van der Waals surface area contributed by atoms with Crippen LogP contribution in [0.1, 0.15) is 25.7 Å². The molecule has 0 aromatic heterocycles. The summed E-state index contributed by atoms with van der Waals surface area (Å²) in [5.41, 5.74) is 0. The fourth-order valence-corrected chi connectivity index (χ4v) is 1.80. The van der Waals surface area contributed by atoms with Crippen molar-refractivity contribution in [3.8, 4) is 0 Å². The lowest BCUT2D eigenvalue weighted by Crippen LogP contribution is -2.36. The highest BCUT2D eigenvalue weighted by atomic mass is 16.4. The lowest BCUT2D eigenvalue weighted by Gasteiger charge is -2.08. The van der Waals surface area contributed by atoms with Crippen molar-refractivity contribution in [2.75, 3.05) is 52.4 Å². The Balaban J connectivity index is 2.99. The summed E-state index contributed by atoms with van der Waals surface area (Å²) in [5, 5.41) is 29.5. The molecule has 22 heavy (non-hydrogen) atoms. The van der Waals surface area contributed by atoms with Crippen molar-refractivity contribution in [2.24, 2.45) is 0 Å². The molecule has 0 saturated carbocycles. The van der Waals surface area contributed by atoms with E-state index in [4.69, 9.17) is 10.2 Å². The van der Waals surface area contributed by atoms with Gasteiger partial charge in [0.1, 0.15) is 0 Å². The van der Waals surface area contributed by atoms with Crippen molar-refractivity contribution in [3.63, 3.8) is 0 Å². The van der Waals surface area contributed by atoms with Crippen LogP contribution in [0.4, 0.5) is 0 Å². The maximum atomic E-state index is 10.3. The Morgan fingerprint density at radius 3 is 1.59 bits per heavy atom. The third kappa shape index (κ3) is 18.8. The molecular formula is C14H30N4O4. The van der Waals surface area contributed by atoms with Crippen LogP contribution in [0, 0.1) is 0 Å². The van der Waals surface area contributed by atoms with E-state index in [0.717, 1.165) is 58.5 Å². The first-order valence-electron chi connectivity index (χ1n) is 7.89. The van der Waals surface area contributed by atoms with Crippen molar-refractivity contribution in [1.82, 2.24) is 21.3 Å². The van der Waals surface area contributed by atoms with E-state index >= 15 is 0 Å². The van der Waals surface area contributed by atoms with Crippen molar-refractivity contribution in [1.29, 1.82) is 0 Å². The average molecular weight is 318 g/mol.